The van der Waals surface area contributed by atoms with E-state index < -0.39 is 0 Å². The van der Waals surface area contributed by atoms with Crippen LogP contribution in [-0.2, 0) is 0 Å². The lowest BCUT2D eigenvalue weighted by Gasteiger charge is -2.18. The van der Waals surface area contributed by atoms with Crippen molar-refractivity contribution in [1.29, 1.82) is 0 Å². The van der Waals surface area contributed by atoms with Gasteiger partial charge in [0.2, 0.25) is 0 Å². The lowest BCUT2D eigenvalue weighted by Crippen LogP contribution is -2.21. The van der Waals surface area contributed by atoms with Gasteiger partial charge in [-0.3, -0.25) is 0 Å². The predicted molar refractivity (Wildman–Crippen MR) is 69.1 cm³/mol. The highest BCUT2D eigenvalue weighted by Crippen LogP contribution is 1.99. The maximum atomic E-state index is 8.94. The maximum Gasteiger partial charge on any atom is 0.0606 e. The Morgan fingerprint density at radius 1 is 0.875 bits per heavy atom. The van der Waals surface area contributed by atoms with Crippen LogP contribution in [0, 0.1) is 0 Å². The minimum atomic E-state index is 0.216. The van der Waals surface area contributed by atoms with Gasteiger partial charge in [0.15, 0.2) is 0 Å². The summed E-state index contributed by atoms with van der Waals surface area (Å²) in [6.45, 7) is 1.90. The molecule has 0 fully saturated rings. The summed E-state index contributed by atoms with van der Waals surface area (Å²) in [5, 5.41) is 8.94. The third kappa shape index (κ3) is 6.25. The first-order chi connectivity index (χ1) is 7.93. The summed E-state index contributed by atoms with van der Waals surface area (Å²) in [7, 11) is 0. The molecule has 0 amide bonds. The first-order valence-corrected chi connectivity index (χ1v) is 5.93. The minimum absolute atomic E-state index is 0.216. The summed E-state index contributed by atoms with van der Waals surface area (Å²) in [5.74, 6) is 0. The van der Waals surface area contributed by atoms with Crippen LogP contribution in [-0.4, -0.2) is 29.7 Å². The van der Waals surface area contributed by atoms with Gasteiger partial charge < -0.3 is 10.0 Å². The zero-order valence-corrected chi connectivity index (χ0v) is 9.76. The van der Waals surface area contributed by atoms with Crippen molar-refractivity contribution in [2.45, 2.75) is 19.3 Å². The molecule has 1 rings (SSSR count). The molecule has 1 heterocycles. The van der Waals surface area contributed by atoms with Gasteiger partial charge in [0.05, 0.1) is 6.61 Å². The molecule has 0 saturated heterocycles. The molecular weight excluding hydrogens is 198 g/mol. The lowest BCUT2D eigenvalue weighted by molar-refractivity contribution is 0.238. The molecule has 2 heteroatoms. The molecule has 1 N–H and O–H groups in total. The van der Waals surface area contributed by atoms with Crippen molar-refractivity contribution < 1.29 is 5.11 Å². The van der Waals surface area contributed by atoms with E-state index in [1.165, 1.54) is 0 Å². The SMILES string of the molecule is OCCN1C=CCCC=CC=CC=CCC1. The minimum Gasteiger partial charge on any atom is -0.395 e. The van der Waals surface area contributed by atoms with Crippen molar-refractivity contribution >= 4 is 0 Å². The first-order valence-electron chi connectivity index (χ1n) is 5.93. The Bertz CT molecular complexity index is 276. The third-order valence-corrected chi connectivity index (χ3v) is 2.39. The van der Waals surface area contributed by atoms with Gasteiger partial charge in [0.1, 0.15) is 0 Å². The summed E-state index contributed by atoms with van der Waals surface area (Å²) >= 11 is 0. The van der Waals surface area contributed by atoms with E-state index in [-0.39, 0.29) is 6.61 Å². The normalized spacial score (nSPS) is 17.9. The molecule has 2 nitrogen and oxygen atoms in total. The molecule has 16 heavy (non-hydrogen) atoms. The van der Waals surface area contributed by atoms with E-state index in [9.17, 15) is 0 Å². The molecule has 0 saturated carbocycles. The first kappa shape index (κ1) is 12.8. The highest BCUT2D eigenvalue weighted by molar-refractivity contribution is 5.11. The third-order valence-electron chi connectivity index (χ3n) is 2.39. The molecule has 0 spiro atoms. The second-order valence-electron chi connectivity index (χ2n) is 3.75. The molecular formula is C14H21NO. The van der Waals surface area contributed by atoms with Gasteiger partial charge in [-0.05, 0) is 25.5 Å². The topological polar surface area (TPSA) is 23.5 Å². The van der Waals surface area contributed by atoms with Crippen molar-refractivity contribution in [3.63, 3.8) is 0 Å². The lowest BCUT2D eigenvalue weighted by atomic mass is 10.3. The van der Waals surface area contributed by atoms with Gasteiger partial charge in [-0.2, -0.15) is 0 Å². The molecule has 0 aromatic rings. The Balaban J connectivity index is 2.50. The molecule has 0 atom stereocenters. The number of β-amino-alcohol motifs (C(OH)–C–C–N with tert-alkyl or cyclic N) is 1. The van der Waals surface area contributed by atoms with E-state index >= 15 is 0 Å². The van der Waals surface area contributed by atoms with Crippen LogP contribution >= 0.6 is 0 Å². The molecule has 0 aliphatic carbocycles. The summed E-state index contributed by atoms with van der Waals surface area (Å²) < 4.78 is 0. The van der Waals surface area contributed by atoms with Gasteiger partial charge >= 0.3 is 0 Å². The number of nitrogens with zero attached hydrogens (tertiary/aromatic N) is 1. The van der Waals surface area contributed by atoms with Crippen LogP contribution < -0.4 is 0 Å². The quantitative estimate of drug-likeness (QED) is 0.771. The Labute approximate surface area is 98.3 Å². The van der Waals surface area contributed by atoms with Gasteiger partial charge in [-0.1, -0.05) is 42.5 Å². The molecule has 0 aromatic carbocycles. The maximum absolute atomic E-state index is 8.94. The van der Waals surface area contributed by atoms with E-state index in [4.69, 9.17) is 5.11 Å². The number of hydrogen-bond donors (Lipinski definition) is 1. The monoisotopic (exact) mass is 219 g/mol. The second-order valence-corrected chi connectivity index (χ2v) is 3.75. The fourth-order valence-corrected chi connectivity index (χ4v) is 1.52. The van der Waals surface area contributed by atoms with Crippen molar-refractivity contribution in [2.24, 2.45) is 0 Å². The average Bonchev–Trinajstić information content (AvgIpc) is 2.31. The fourth-order valence-electron chi connectivity index (χ4n) is 1.52. The van der Waals surface area contributed by atoms with E-state index in [1.54, 1.807) is 0 Å². The van der Waals surface area contributed by atoms with Gasteiger partial charge in [0, 0.05) is 13.1 Å². The number of hydrogen-bond acceptors (Lipinski definition) is 2. The van der Waals surface area contributed by atoms with Crippen molar-refractivity contribution in [3.8, 4) is 0 Å². The van der Waals surface area contributed by atoms with Crippen molar-refractivity contribution in [3.05, 3.63) is 48.7 Å². The van der Waals surface area contributed by atoms with Gasteiger partial charge in [-0.25, -0.2) is 0 Å². The summed E-state index contributed by atoms with van der Waals surface area (Å²) in [6.07, 6.45) is 20.0. The van der Waals surface area contributed by atoms with E-state index in [0.717, 1.165) is 32.4 Å². The van der Waals surface area contributed by atoms with E-state index in [2.05, 4.69) is 53.6 Å². The van der Waals surface area contributed by atoms with Crippen LogP contribution in [0.1, 0.15) is 19.3 Å². The molecule has 88 valence electrons. The van der Waals surface area contributed by atoms with Crippen LogP contribution in [0.25, 0.3) is 0 Å². The van der Waals surface area contributed by atoms with Crippen LogP contribution in [0.3, 0.4) is 0 Å². The average molecular weight is 219 g/mol. The standard InChI is InChI=1S/C14H21NO/c16-14-13-15-11-9-7-5-3-1-2-4-6-8-10-12-15/h1-5,7,10,12,16H,6,8-9,11,13-14H2. The fraction of sp³-hybridized carbons (Fsp3) is 0.429. The predicted octanol–water partition coefficient (Wildman–Crippen LogP) is 2.65. The van der Waals surface area contributed by atoms with E-state index in [0.29, 0.717) is 0 Å². The summed E-state index contributed by atoms with van der Waals surface area (Å²) in [5.41, 5.74) is 0. The van der Waals surface area contributed by atoms with Crippen LogP contribution in [0.15, 0.2) is 48.7 Å². The van der Waals surface area contributed by atoms with Crippen LogP contribution in [0.4, 0.5) is 0 Å². The zero-order chi connectivity index (χ0) is 11.5. The molecule has 0 aromatic heterocycles. The largest absolute Gasteiger partial charge is 0.395 e. The van der Waals surface area contributed by atoms with Crippen molar-refractivity contribution in [2.75, 3.05) is 19.7 Å². The second kappa shape index (κ2) is 8.98. The van der Waals surface area contributed by atoms with Gasteiger partial charge in [0.25, 0.3) is 0 Å². The number of allylic oxidation sites excluding steroid dienone is 6. The molecule has 0 bridgehead atoms. The highest BCUT2D eigenvalue weighted by Gasteiger charge is 1.95. The number of rotatable bonds is 2. The molecule has 0 unspecified atom stereocenters. The summed E-state index contributed by atoms with van der Waals surface area (Å²) in [4.78, 5) is 2.16. The Morgan fingerprint density at radius 2 is 1.56 bits per heavy atom. The highest BCUT2D eigenvalue weighted by atomic mass is 16.3. The Kier molecular flexibility index (Phi) is 7.18. The zero-order valence-electron chi connectivity index (χ0n) is 9.76. The van der Waals surface area contributed by atoms with Crippen LogP contribution in [0.5, 0.6) is 0 Å². The number of aliphatic hydroxyl groups excluding tert-OH is 1. The smallest absolute Gasteiger partial charge is 0.0606 e. The molecule has 1 aliphatic rings. The van der Waals surface area contributed by atoms with E-state index in [1.807, 2.05) is 0 Å². The molecule has 0 radical (unpaired) electrons. The number of aliphatic hydroxyl groups is 1. The van der Waals surface area contributed by atoms with Crippen molar-refractivity contribution in [1.82, 2.24) is 4.90 Å². The summed E-state index contributed by atoms with van der Waals surface area (Å²) in [6, 6.07) is 0. The molecule has 1 aliphatic heterocycles. The van der Waals surface area contributed by atoms with Crippen LogP contribution in [0.2, 0.25) is 0 Å². The van der Waals surface area contributed by atoms with Gasteiger partial charge in [-0.15, -0.1) is 0 Å². The Morgan fingerprint density at radius 3 is 2.31 bits per heavy atom. The Hall–Kier alpha value is -1.28.